The van der Waals surface area contributed by atoms with Gasteiger partial charge in [-0.05, 0) is 42.5 Å². The van der Waals surface area contributed by atoms with Crippen LogP contribution in [0.1, 0.15) is 67.2 Å². The van der Waals surface area contributed by atoms with Crippen molar-refractivity contribution in [3.05, 3.63) is 35.4 Å². The summed E-state index contributed by atoms with van der Waals surface area (Å²) in [6, 6.07) is 6.54. The van der Waals surface area contributed by atoms with Crippen LogP contribution in [0.5, 0.6) is 0 Å². The van der Waals surface area contributed by atoms with Crippen molar-refractivity contribution in [2.75, 3.05) is 13.1 Å². The molecule has 1 rings (SSSR count). The highest BCUT2D eigenvalue weighted by atomic mass is 16.4. The van der Waals surface area contributed by atoms with Gasteiger partial charge in [-0.3, -0.25) is 14.4 Å². The number of amides is 2. The molecule has 0 aromatic heterocycles. The van der Waals surface area contributed by atoms with Gasteiger partial charge in [0.05, 0.1) is 0 Å². The van der Waals surface area contributed by atoms with Crippen LogP contribution in [-0.4, -0.2) is 36.0 Å². The average molecular weight is 348 g/mol. The van der Waals surface area contributed by atoms with Crippen LogP contribution in [-0.2, 0) is 4.79 Å². The minimum absolute atomic E-state index is 0.0138. The Morgan fingerprint density at radius 1 is 0.880 bits per heavy atom. The van der Waals surface area contributed by atoms with Gasteiger partial charge in [0.1, 0.15) is 0 Å². The fourth-order valence-electron chi connectivity index (χ4n) is 2.10. The number of carbonyl (C=O) groups excluding carboxylic acids is 2. The minimum atomic E-state index is -0.796. The largest absolute Gasteiger partial charge is 0.481 e. The summed E-state index contributed by atoms with van der Waals surface area (Å²) in [5.41, 5.74) is 1.03. The van der Waals surface area contributed by atoms with Crippen molar-refractivity contribution in [1.82, 2.24) is 10.6 Å². The Kier molecular flexibility index (Phi) is 8.11. The van der Waals surface area contributed by atoms with E-state index in [2.05, 4.69) is 10.6 Å². The van der Waals surface area contributed by atoms with E-state index in [-0.39, 0.29) is 23.7 Å². The van der Waals surface area contributed by atoms with E-state index in [9.17, 15) is 14.4 Å². The van der Waals surface area contributed by atoms with Crippen molar-refractivity contribution >= 4 is 17.8 Å². The minimum Gasteiger partial charge on any atom is -0.481 e. The van der Waals surface area contributed by atoms with Gasteiger partial charge in [-0.1, -0.05) is 27.2 Å². The summed E-state index contributed by atoms with van der Waals surface area (Å²) in [6.07, 6.45) is 2.28. The molecular formula is C19H28N2O4. The molecule has 6 nitrogen and oxygen atoms in total. The van der Waals surface area contributed by atoms with Crippen LogP contribution in [0.3, 0.4) is 0 Å². The van der Waals surface area contributed by atoms with Gasteiger partial charge in [0.15, 0.2) is 0 Å². The lowest BCUT2D eigenvalue weighted by atomic mass is 9.97. The zero-order chi connectivity index (χ0) is 18.9. The normalized spacial score (nSPS) is 11.0. The average Bonchev–Trinajstić information content (AvgIpc) is 2.54. The van der Waals surface area contributed by atoms with Crippen LogP contribution in [0.15, 0.2) is 24.3 Å². The van der Waals surface area contributed by atoms with Gasteiger partial charge in [0.2, 0.25) is 0 Å². The van der Waals surface area contributed by atoms with E-state index < -0.39 is 5.97 Å². The molecule has 6 heteroatoms. The van der Waals surface area contributed by atoms with Crippen LogP contribution in [0.2, 0.25) is 0 Å². The first-order valence-electron chi connectivity index (χ1n) is 8.57. The molecule has 138 valence electrons. The van der Waals surface area contributed by atoms with Gasteiger partial charge in [-0.25, -0.2) is 0 Å². The molecule has 0 bridgehead atoms. The third-order valence-corrected chi connectivity index (χ3v) is 3.54. The van der Waals surface area contributed by atoms with Crippen LogP contribution < -0.4 is 10.6 Å². The Labute approximate surface area is 149 Å². The molecule has 2 amide bonds. The highest BCUT2D eigenvalue weighted by molar-refractivity contribution is 5.97. The second-order valence-corrected chi connectivity index (χ2v) is 7.28. The molecule has 0 fully saturated rings. The molecular weight excluding hydrogens is 320 g/mol. The van der Waals surface area contributed by atoms with Crippen molar-refractivity contribution < 1.29 is 19.5 Å². The lowest BCUT2D eigenvalue weighted by Gasteiger charge is -2.18. The van der Waals surface area contributed by atoms with Crippen molar-refractivity contribution in [3.8, 4) is 0 Å². The highest BCUT2D eigenvalue weighted by Gasteiger charge is 2.13. The molecule has 0 radical (unpaired) electrons. The summed E-state index contributed by atoms with van der Waals surface area (Å²) in [5, 5.41) is 14.2. The number of carbonyl (C=O) groups is 3. The predicted molar refractivity (Wildman–Crippen MR) is 96.7 cm³/mol. The van der Waals surface area contributed by atoms with Crippen molar-refractivity contribution in [2.45, 2.75) is 46.5 Å². The Morgan fingerprint density at radius 3 is 1.88 bits per heavy atom. The molecule has 25 heavy (non-hydrogen) atoms. The third kappa shape index (κ3) is 8.88. The molecule has 0 saturated heterocycles. The SMILES string of the molecule is CC(C)(C)CNC(=O)c1ccc(C(=O)NCCCCCC(=O)O)cc1. The van der Waals surface area contributed by atoms with E-state index in [0.717, 1.165) is 12.8 Å². The monoisotopic (exact) mass is 348 g/mol. The van der Waals surface area contributed by atoms with Crippen LogP contribution >= 0.6 is 0 Å². The highest BCUT2D eigenvalue weighted by Crippen LogP contribution is 2.11. The maximum absolute atomic E-state index is 12.0. The quantitative estimate of drug-likeness (QED) is 0.598. The third-order valence-electron chi connectivity index (χ3n) is 3.54. The lowest BCUT2D eigenvalue weighted by molar-refractivity contribution is -0.137. The molecule has 0 saturated carbocycles. The fraction of sp³-hybridized carbons (Fsp3) is 0.526. The first-order chi connectivity index (χ1) is 11.7. The standard InChI is InChI=1S/C19H28N2O4/c1-19(2,3)13-21-18(25)15-10-8-14(9-11-15)17(24)20-12-6-4-5-7-16(22)23/h8-11H,4-7,12-13H2,1-3H3,(H,20,24)(H,21,25)(H,22,23). The Balaban J connectivity index is 2.38. The maximum Gasteiger partial charge on any atom is 0.303 e. The number of aliphatic carboxylic acids is 1. The number of carboxylic acids is 1. The van der Waals surface area contributed by atoms with E-state index in [1.54, 1.807) is 24.3 Å². The number of hydrogen-bond donors (Lipinski definition) is 3. The van der Waals surface area contributed by atoms with Crippen molar-refractivity contribution in [1.29, 1.82) is 0 Å². The van der Waals surface area contributed by atoms with Crippen LogP contribution in [0.4, 0.5) is 0 Å². The molecule has 0 aliphatic rings. The number of rotatable bonds is 9. The lowest BCUT2D eigenvalue weighted by Crippen LogP contribution is -2.32. The van der Waals surface area contributed by atoms with Gasteiger partial charge in [-0.2, -0.15) is 0 Å². The summed E-state index contributed by atoms with van der Waals surface area (Å²) in [5.74, 6) is -1.14. The summed E-state index contributed by atoms with van der Waals surface area (Å²) in [4.78, 5) is 34.4. The Bertz CT molecular complexity index is 588. The molecule has 0 heterocycles. The molecule has 0 aliphatic heterocycles. The number of nitrogens with one attached hydrogen (secondary N) is 2. The molecule has 0 unspecified atom stereocenters. The van der Waals surface area contributed by atoms with Crippen molar-refractivity contribution in [2.24, 2.45) is 5.41 Å². The zero-order valence-electron chi connectivity index (χ0n) is 15.2. The van der Waals surface area contributed by atoms with E-state index in [4.69, 9.17) is 5.11 Å². The van der Waals surface area contributed by atoms with E-state index in [1.807, 2.05) is 20.8 Å². The Morgan fingerprint density at radius 2 is 1.40 bits per heavy atom. The first-order valence-corrected chi connectivity index (χ1v) is 8.57. The topological polar surface area (TPSA) is 95.5 Å². The summed E-state index contributed by atoms with van der Waals surface area (Å²) in [7, 11) is 0. The van der Waals surface area contributed by atoms with Gasteiger partial charge < -0.3 is 15.7 Å². The molecule has 1 aromatic carbocycles. The van der Waals surface area contributed by atoms with E-state index in [0.29, 0.717) is 30.6 Å². The number of unbranched alkanes of at least 4 members (excludes halogenated alkanes) is 2. The first kappa shape index (κ1) is 20.7. The molecule has 0 spiro atoms. The van der Waals surface area contributed by atoms with E-state index in [1.165, 1.54) is 0 Å². The smallest absolute Gasteiger partial charge is 0.303 e. The molecule has 3 N–H and O–H groups in total. The summed E-state index contributed by atoms with van der Waals surface area (Å²) < 4.78 is 0. The fourth-order valence-corrected chi connectivity index (χ4v) is 2.10. The maximum atomic E-state index is 12.0. The zero-order valence-corrected chi connectivity index (χ0v) is 15.2. The van der Waals surface area contributed by atoms with E-state index >= 15 is 0 Å². The molecule has 1 aromatic rings. The predicted octanol–water partition coefficient (Wildman–Crippen LogP) is 2.84. The second-order valence-electron chi connectivity index (χ2n) is 7.28. The summed E-state index contributed by atoms with van der Waals surface area (Å²) >= 11 is 0. The Hall–Kier alpha value is -2.37. The van der Waals surface area contributed by atoms with Gasteiger partial charge in [0, 0.05) is 30.6 Å². The van der Waals surface area contributed by atoms with Gasteiger partial charge >= 0.3 is 5.97 Å². The number of hydrogen-bond acceptors (Lipinski definition) is 3. The van der Waals surface area contributed by atoms with Crippen LogP contribution in [0, 0.1) is 5.41 Å². The summed E-state index contributed by atoms with van der Waals surface area (Å²) in [6.45, 7) is 7.22. The second kappa shape index (κ2) is 9.81. The molecule has 0 atom stereocenters. The molecule has 0 aliphatic carbocycles. The number of carboxylic acid groups (broad SMARTS) is 1. The van der Waals surface area contributed by atoms with Crippen LogP contribution in [0.25, 0.3) is 0 Å². The number of benzene rings is 1. The van der Waals surface area contributed by atoms with Gasteiger partial charge in [0.25, 0.3) is 11.8 Å². The van der Waals surface area contributed by atoms with Gasteiger partial charge in [-0.15, -0.1) is 0 Å². The van der Waals surface area contributed by atoms with Crippen molar-refractivity contribution in [3.63, 3.8) is 0 Å².